The van der Waals surface area contributed by atoms with E-state index < -0.39 is 11.9 Å². The number of carbonyl (C=O) groups excluding carboxylic acids is 3. The zero-order valence-corrected chi connectivity index (χ0v) is 17.5. The first-order valence-electron chi connectivity index (χ1n) is 9.34. The molecule has 1 aromatic rings. The molecule has 0 saturated carbocycles. The van der Waals surface area contributed by atoms with Gasteiger partial charge in [0.15, 0.2) is 0 Å². The molecule has 0 bridgehead atoms. The molecule has 0 atom stereocenters. The van der Waals surface area contributed by atoms with Gasteiger partial charge in [-0.2, -0.15) is 0 Å². The summed E-state index contributed by atoms with van der Waals surface area (Å²) in [6.45, 7) is 4.40. The molecule has 2 heterocycles. The van der Waals surface area contributed by atoms with Crippen LogP contribution in [0.3, 0.4) is 0 Å². The molecular formula is C20H22N2O4S2. The maximum Gasteiger partial charge on any atom is 0.326 e. The summed E-state index contributed by atoms with van der Waals surface area (Å²) in [7, 11) is 0. The van der Waals surface area contributed by atoms with Crippen molar-refractivity contribution in [3.63, 3.8) is 0 Å². The molecule has 0 unspecified atom stereocenters. The van der Waals surface area contributed by atoms with Crippen molar-refractivity contribution in [3.8, 4) is 0 Å². The molecule has 28 heavy (non-hydrogen) atoms. The van der Waals surface area contributed by atoms with Gasteiger partial charge < -0.3 is 9.64 Å². The van der Waals surface area contributed by atoms with Crippen molar-refractivity contribution < 1.29 is 19.1 Å². The minimum atomic E-state index is -0.524. The number of hydrogen-bond acceptors (Lipinski definition) is 6. The van der Waals surface area contributed by atoms with Crippen molar-refractivity contribution >= 4 is 57.3 Å². The summed E-state index contributed by atoms with van der Waals surface area (Å²) in [5, 5.41) is 0. The Morgan fingerprint density at radius 2 is 1.86 bits per heavy atom. The first-order chi connectivity index (χ1) is 13.5. The predicted octanol–water partition coefficient (Wildman–Crippen LogP) is 3.36. The number of nitrogens with zero attached hydrogens (tertiary/aromatic N) is 2. The van der Waals surface area contributed by atoms with Gasteiger partial charge in [0.25, 0.3) is 11.8 Å². The Balaban J connectivity index is 1.94. The van der Waals surface area contributed by atoms with Gasteiger partial charge in [-0.15, -0.1) is 0 Å². The molecule has 0 aliphatic carbocycles. The van der Waals surface area contributed by atoms with E-state index in [1.54, 1.807) is 11.8 Å². The SMILES string of the molecule is CCCCCN1C(=O)/C(=C2\SC(=S)N(CC(=O)OCC)C2=O)c2ccccc21. The molecule has 0 N–H and O–H groups in total. The number of esters is 1. The summed E-state index contributed by atoms with van der Waals surface area (Å²) >= 11 is 6.36. The van der Waals surface area contributed by atoms with E-state index in [0.717, 1.165) is 42.3 Å². The zero-order valence-electron chi connectivity index (χ0n) is 15.9. The number of anilines is 1. The summed E-state index contributed by atoms with van der Waals surface area (Å²) in [4.78, 5) is 41.1. The van der Waals surface area contributed by atoms with E-state index in [1.165, 1.54) is 4.90 Å². The maximum atomic E-state index is 13.2. The van der Waals surface area contributed by atoms with E-state index in [0.29, 0.717) is 12.1 Å². The van der Waals surface area contributed by atoms with Crippen LogP contribution in [0.5, 0.6) is 0 Å². The van der Waals surface area contributed by atoms with Crippen molar-refractivity contribution in [2.45, 2.75) is 33.1 Å². The number of amides is 2. The van der Waals surface area contributed by atoms with Crippen molar-refractivity contribution in [1.29, 1.82) is 0 Å². The Bertz CT molecular complexity index is 866. The number of ether oxygens (including phenoxy) is 1. The third-order valence-electron chi connectivity index (χ3n) is 4.58. The molecular weight excluding hydrogens is 396 g/mol. The highest BCUT2D eigenvalue weighted by Crippen LogP contribution is 2.44. The van der Waals surface area contributed by atoms with Gasteiger partial charge in [0.05, 0.1) is 22.8 Å². The first kappa shape index (κ1) is 20.5. The highest BCUT2D eigenvalue weighted by atomic mass is 32.2. The van der Waals surface area contributed by atoms with Gasteiger partial charge in [0.2, 0.25) is 0 Å². The normalized spacial score (nSPS) is 18.9. The fourth-order valence-corrected chi connectivity index (χ4v) is 4.59. The van der Waals surface area contributed by atoms with Crippen LogP contribution in [0.15, 0.2) is 29.2 Å². The molecule has 3 rings (SSSR count). The number of unbranched alkanes of at least 4 members (excludes halogenated alkanes) is 2. The van der Waals surface area contributed by atoms with Crippen LogP contribution in [0, 0.1) is 0 Å². The highest BCUT2D eigenvalue weighted by molar-refractivity contribution is 8.26. The first-order valence-corrected chi connectivity index (χ1v) is 10.6. The van der Waals surface area contributed by atoms with E-state index in [4.69, 9.17) is 17.0 Å². The molecule has 0 spiro atoms. The third-order valence-corrected chi connectivity index (χ3v) is 6.03. The molecule has 1 aromatic carbocycles. The lowest BCUT2D eigenvalue weighted by Crippen LogP contribution is -2.34. The molecule has 1 saturated heterocycles. The molecule has 8 heteroatoms. The van der Waals surface area contributed by atoms with Gasteiger partial charge in [-0.25, -0.2) is 0 Å². The lowest BCUT2D eigenvalue weighted by atomic mass is 10.1. The maximum absolute atomic E-state index is 13.2. The Kier molecular flexibility index (Phi) is 6.51. The molecule has 2 amide bonds. The summed E-state index contributed by atoms with van der Waals surface area (Å²) in [5.74, 6) is -1.13. The van der Waals surface area contributed by atoms with Crippen LogP contribution in [-0.2, 0) is 19.1 Å². The van der Waals surface area contributed by atoms with Gasteiger partial charge in [-0.1, -0.05) is 61.9 Å². The number of hydrogen-bond donors (Lipinski definition) is 0. The lowest BCUT2D eigenvalue weighted by molar-refractivity contribution is -0.145. The molecule has 1 fully saturated rings. The van der Waals surface area contributed by atoms with Gasteiger partial charge in [0.1, 0.15) is 10.9 Å². The summed E-state index contributed by atoms with van der Waals surface area (Å²) in [6.07, 6.45) is 2.99. The van der Waals surface area contributed by atoms with Crippen LogP contribution in [0.2, 0.25) is 0 Å². The second-order valence-electron chi connectivity index (χ2n) is 6.45. The fraction of sp³-hybridized carbons (Fsp3) is 0.400. The summed E-state index contributed by atoms with van der Waals surface area (Å²) in [5.41, 5.74) is 1.92. The van der Waals surface area contributed by atoms with E-state index in [2.05, 4.69) is 6.92 Å². The topological polar surface area (TPSA) is 66.9 Å². The standard InChI is InChI=1S/C20H22N2O4S2/c1-3-5-8-11-21-14-10-7-6-9-13(14)16(18(21)24)17-19(25)22(20(27)28-17)12-15(23)26-4-2/h6-7,9-10H,3-5,8,11-12H2,1-2H3/b17-16-. The van der Waals surface area contributed by atoms with E-state index in [9.17, 15) is 14.4 Å². The van der Waals surface area contributed by atoms with Gasteiger partial charge in [0, 0.05) is 12.1 Å². The number of thiocarbonyl (C=S) groups is 1. The van der Waals surface area contributed by atoms with Gasteiger partial charge >= 0.3 is 5.97 Å². The smallest absolute Gasteiger partial charge is 0.326 e. The largest absolute Gasteiger partial charge is 0.465 e. The number of thioether (sulfide) groups is 1. The number of para-hydroxylation sites is 1. The predicted molar refractivity (Wildman–Crippen MR) is 114 cm³/mol. The van der Waals surface area contributed by atoms with Crippen molar-refractivity contribution in [3.05, 3.63) is 34.7 Å². The molecule has 6 nitrogen and oxygen atoms in total. The molecule has 0 radical (unpaired) electrons. The Morgan fingerprint density at radius 3 is 2.57 bits per heavy atom. The van der Waals surface area contributed by atoms with Crippen molar-refractivity contribution in [2.75, 3.05) is 24.6 Å². The van der Waals surface area contributed by atoms with E-state index in [-0.39, 0.29) is 28.3 Å². The number of benzene rings is 1. The zero-order chi connectivity index (χ0) is 20.3. The molecule has 148 valence electrons. The Morgan fingerprint density at radius 1 is 1.11 bits per heavy atom. The van der Waals surface area contributed by atoms with Gasteiger partial charge in [-0.3, -0.25) is 19.3 Å². The minimum Gasteiger partial charge on any atom is -0.465 e. The van der Waals surface area contributed by atoms with Crippen molar-refractivity contribution in [1.82, 2.24) is 4.90 Å². The molecule has 2 aliphatic rings. The molecule has 0 aromatic heterocycles. The van der Waals surface area contributed by atoms with Crippen LogP contribution >= 0.6 is 24.0 Å². The number of rotatable bonds is 7. The Hall–Kier alpha value is -2.19. The van der Waals surface area contributed by atoms with Crippen LogP contribution < -0.4 is 4.90 Å². The quantitative estimate of drug-likeness (QED) is 0.293. The second-order valence-corrected chi connectivity index (χ2v) is 8.09. The Labute approximate surface area is 173 Å². The number of fused-ring (bicyclic) bond motifs is 1. The van der Waals surface area contributed by atoms with Crippen molar-refractivity contribution in [2.24, 2.45) is 0 Å². The van der Waals surface area contributed by atoms with Crippen LogP contribution in [0.4, 0.5) is 5.69 Å². The van der Waals surface area contributed by atoms with E-state index in [1.807, 2.05) is 24.3 Å². The third kappa shape index (κ3) is 3.84. The minimum absolute atomic E-state index is 0.186. The lowest BCUT2D eigenvalue weighted by Gasteiger charge is -2.16. The summed E-state index contributed by atoms with van der Waals surface area (Å²) in [6, 6.07) is 7.47. The monoisotopic (exact) mass is 418 g/mol. The van der Waals surface area contributed by atoms with Crippen LogP contribution in [0.1, 0.15) is 38.7 Å². The van der Waals surface area contributed by atoms with E-state index >= 15 is 0 Å². The second kappa shape index (κ2) is 8.87. The highest BCUT2D eigenvalue weighted by Gasteiger charge is 2.42. The molecule has 2 aliphatic heterocycles. The summed E-state index contributed by atoms with van der Waals surface area (Å²) < 4.78 is 5.18. The number of carbonyl (C=O) groups is 3. The average molecular weight is 419 g/mol. The van der Waals surface area contributed by atoms with Gasteiger partial charge in [-0.05, 0) is 19.4 Å². The fourth-order valence-electron chi connectivity index (χ4n) is 3.26. The van der Waals surface area contributed by atoms with Crippen LogP contribution in [0.25, 0.3) is 5.57 Å². The average Bonchev–Trinajstić information content (AvgIpc) is 3.10. The van der Waals surface area contributed by atoms with Crippen LogP contribution in [-0.4, -0.2) is 46.7 Å².